The van der Waals surface area contributed by atoms with Gasteiger partial charge in [-0.25, -0.2) is 8.42 Å². The van der Waals surface area contributed by atoms with Crippen LogP contribution < -0.4 is 5.32 Å². The van der Waals surface area contributed by atoms with Gasteiger partial charge in [0.15, 0.2) is 9.84 Å². The Hall–Kier alpha value is -0.130. The Bertz CT molecular complexity index is 310. The third kappa shape index (κ3) is 3.18. The third-order valence-electron chi connectivity index (χ3n) is 3.64. The Morgan fingerprint density at radius 3 is 2.56 bits per heavy atom. The van der Waals surface area contributed by atoms with Gasteiger partial charge in [0.05, 0.1) is 11.0 Å². The highest BCUT2D eigenvalue weighted by Gasteiger charge is 2.30. The standard InChI is InChI=1S/C11H22N2O2S/c14-16(15)9-3-4-11(16)10-12-5-8-13-6-1-2-7-13/h11-12H,1-10H2. The summed E-state index contributed by atoms with van der Waals surface area (Å²) >= 11 is 0. The van der Waals surface area contributed by atoms with E-state index in [4.69, 9.17) is 0 Å². The lowest BCUT2D eigenvalue weighted by molar-refractivity contribution is 0.336. The van der Waals surface area contributed by atoms with E-state index in [0.717, 1.165) is 25.9 Å². The molecule has 0 radical (unpaired) electrons. The first kappa shape index (κ1) is 12.3. The smallest absolute Gasteiger partial charge is 0.154 e. The molecule has 0 spiro atoms. The molecule has 0 amide bonds. The number of hydrogen-bond donors (Lipinski definition) is 1. The quantitative estimate of drug-likeness (QED) is 0.707. The Kier molecular flexibility index (Phi) is 4.21. The van der Waals surface area contributed by atoms with Crippen LogP contribution in [0.1, 0.15) is 25.7 Å². The maximum Gasteiger partial charge on any atom is 0.154 e. The molecule has 2 rings (SSSR count). The molecule has 0 aromatic carbocycles. The molecule has 0 aromatic heterocycles. The molecule has 0 bridgehead atoms. The zero-order valence-electron chi connectivity index (χ0n) is 9.82. The molecule has 2 saturated heterocycles. The van der Waals surface area contributed by atoms with E-state index in [1.165, 1.54) is 25.9 Å². The second kappa shape index (κ2) is 5.47. The van der Waals surface area contributed by atoms with Gasteiger partial charge in [-0.15, -0.1) is 0 Å². The van der Waals surface area contributed by atoms with E-state index >= 15 is 0 Å². The molecular formula is C11H22N2O2S. The van der Waals surface area contributed by atoms with Gasteiger partial charge in [0.1, 0.15) is 0 Å². The fourth-order valence-corrected chi connectivity index (χ4v) is 4.39. The summed E-state index contributed by atoms with van der Waals surface area (Å²) in [5, 5.41) is 3.17. The zero-order valence-corrected chi connectivity index (χ0v) is 10.6. The zero-order chi connectivity index (χ0) is 11.4. The minimum absolute atomic E-state index is 0.119. The average molecular weight is 246 g/mol. The molecule has 0 aliphatic carbocycles. The number of likely N-dealkylation sites (tertiary alicyclic amines) is 1. The average Bonchev–Trinajstić information content (AvgIpc) is 2.83. The largest absolute Gasteiger partial charge is 0.314 e. The van der Waals surface area contributed by atoms with Crippen molar-refractivity contribution in [1.29, 1.82) is 0 Å². The second-order valence-electron chi connectivity index (χ2n) is 4.88. The molecule has 2 aliphatic heterocycles. The molecule has 4 nitrogen and oxygen atoms in total. The Balaban J connectivity index is 1.61. The summed E-state index contributed by atoms with van der Waals surface area (Å²) in [6.45, 7) is 5.06. The van der Waals surface area contributed by atoms with E-state index in [2.05, 4.69) is 10.2 Å². The van der Waals surface area contributed by atoms with Gasteiger partial charge in [-0.3, -0.25) is 0 Å². The van der Waals surface area contributed by atoms with Crippen molar-refractivity contribution in [2.45, 2.75) is 30.9 Å². The van der Waals surface area contributed by atoms with Crippen LogP contribution in [0.2, 0.25) is 0 Å². The molecule has 2 aliphatic rings. The van der Waals surface area contributed by atoms with Crippen molar-refractivity contribution in [3.8, 4) is 0 Å². The number of nitrogens with zero attached hydrogens (tertiary/aromatic N) is 1. The minimum Gasteiger partial charge on any atom is -0.314 e. The SMILES string of the molecule is O=S1(=O)CCCC1CNCCN1CCCC1. The number of nitrogens with one attached hydrogen (secondary N) is 1. The number of rotatable bonds is 5. The van der Waals surface area contributed by atoms with Crippen molar-refractivity contribution in [2.24, 2.45) is 0 Å². The Morgan fingerprint density at radius 1 is 1.19 bits per heavy atom. The van der Waals surface area contributed by atoms with Crippen LogP contribution in [0, 0.1) is 0 Å². The lowest BCUT2D eigenvalue weighted by atomic mass is 10.2. The van der Waals surface area contributed by atoms with Crippen molar-refractivity contribution in [2.75, 3.05) is 38.5 Å². The van der Waals surface area contributed by atoms with Crippen LogP contribution >= 0.6 is 0 Å². The Morgan fingerprint density at radius 2 is 1.94 bits per heavy atom. The van der Waals surface area contributed by atoms with Gasteiger partial charge in [0.25, 0.3) is 0 Å². The summed E-state index contributed by atoms with van der Waals surface area (Å²) in [5.74, 6) is 0.394. The van der Waals surface area contributed by atoms with Crippen molar-refractivity contribution in [3.63, 3.8) is 0 Å². The molecule has 5 heteroatoms. The summed E-state index contributed by atoms with van der Waals surface area (Å²) in [6, 6.07) is 0. The van der Waals surface area contributed by atoms with Crippen LogP contribution in [0.3, 0.4) is 0 Å². The fraction of sp³-hybridized carbons (Fsp3) is 1.00. The van der Waals surface area contributed by atoms with Gasteiger partial charge in [-0.1, -0.05) is 0 Å². The van der Waals surface area contributed by atoms with Gasteiger partial charge < -0.3 is 10.2 Å². The van der Waals surface area contributed by atoms with Gasteiger partial charge in [0, 0.05) is 19.6 Å². The van der Waals surface area contributed by atoms with Crippen LogP contribution in [0.15, 0.2) is 0 Å². The van der Waals surface area contributed by atoms with Gasteiger partial charge in [-0.2, -0.15) is 0 Å². The molecule has 2 heterocycles. The fourth-order valence-electron chi connectivity index (χ4n) is 2.59. The predicted octanol–water partition coefficient (Wildman–Crippen LogP) is 0.249. The molecule has 1 atom stereocenters. The molecule has 2 fully saturated rings. The maximum absolute atomic E-state index is 11.6. The number of hydrogen-bond acceptors (Lipinski definition) is 4. The maximum atomic E-state index is 11.6. The lowest BCUT2D eigenvalue weighted by Gasteiger charge is -2.16. The van der Waals surface area contributed by atoms with Crippen LogP contribution in [0.5, 0.6) is 0 Å². The highest BCUT2D eigenvalue weighted by atomic mass is 32.2. The van der Waals surface area contributed by atoms with Gasteiger partial charge in [0.2, 0.25) is 0 Å². The second-order valence-corrected chi connectivity index (χ2v) is 7.28. The minimum atomic E-state index is -2.76. The van der Waals surface area contributed by atoms with Crippen molar-refractivity contribution >= 4 is 9.84 Å². The van der Waals surface area contributed by atoms with Crippen molar-refractivity contribution in [1.82, 2.24) is 10.2 Å². The summed E-state index contributed by atoms with van der Waals surface area (Å²) in [4.78, 5) is 2.44. The first-order valence-corrected chi connectivity index (χ1v) is 8.05. The molecule has 0 aromatic rings. The van der Waals surface area contributed by atoms with Gasteiger partial charge >= 0.3 is 0 Å². The first-order valence-electron chi connectivity index (χ1n) is 6.33. The molecular weight excluding hydrogens is 224 g/mol. The van der Waals surface area contributed by atoms with Crippen molar-refractivity contribution in [3.05, 3.63) is 0 Å². The Labute approximate surface area is 98.3 Å². The topological polar surface area (TPSA) is 49.4 Å². The van der Waals surface area contributed by atoms with E-state index in [0.29, 0.717) is 12.3 Å². The van der Waals surface area contributed by atoms with Crippen LogP contribution in [-0.2, 0) is 9.84 Å². The lowest BCUT2D eigenvalue weighted by Crippen LogP contribution is -2.35. The summed E-state index contributed by atoms with van der Waals surface area (Å²) in [6.07, 6.45) is 4.33. The third-order valence-corrected chi connectivity index (χ3v) is 5.91. The monoisotopic (exact) mass is 246 g/mol. The van der Waals surface area contributed by atoms with Crippen LogP contribution in [0.4, 0.5) is 0 Å². The highest BCUT2D eigenvalue weighted by Crippen LogP contribution is 2.18. The normalized spacial score (nSPS) is 29.9. The summed E-state index contributed by atoms with van der Waals surface area (Å²) < 4.78 is 23.1. The van der Waals surface area contributed by atoms with E-state index in [1.807, 2.05) is 0 Å². The molecule has 1 N–H and O–H groups in total. The molecule has 16 heavy (non-hydrogen) atoms. The van der Waals surface area contributed by atoms with Gasteiger partial charge in [-0.05, 0) is 38.8 Å². The summed E-state index contributed by atoms with van der Waals surface area (Å²) in [5.41, 5.74) is 0. The van der Waals surface area contributed by atoms with E-state index in [-0.39, 0.29) is 5.25 Å². The molecule has 94 valence electrons. The van der Waals surface area contributed by atoms with Crippen molar-refractivity contribution < 1.29 is 8.42 Å². The molecule has 1 unspecified atom stereocenters. The highest BCUT2D eigenvalue weighted by molar-refractivity contribution is 7.92. The summed E-state index contributed by atoms with van der Waals surface area (Å²) in [7, 11) is -2.76. The van der Waals surface area contributed by atoms with Crippen LogP contribution in [-0.4, -0.2) is 57.0 Å². The van der Waals surface area contributed by atoms with E-state index in [9.17, 15) is 8.42 Å². The van der Waals surface area contributed by atoms with E-state index in [1.54, 1.807) is 0 Å². The van der Waals surface area contributed by atoms with Crippen LogP contribution in [0.25, 0.3) is 0 Å². The number of sulfone groups is 1. The predicted molar refractivity (Wildman–Crippen MR) is 65.4 cm³/mol. The first-order chi connectivity index (χ1) is 7.68. The van der Waals surface area contributed by atoms with E-state index < -0.39 is 9.84 Å². The molecule has 0 saturated carbocycles.